The van der Waals surface area contributed by atoms with Crippen molar-refractivity contribution in [2.24, 2.45) is 14.1 Å². The Morgan fingerprint density at radius 3 is 2.38 bits per heavy atom. The predicted octanol–water partition coefficient (Wildman–Crippen LogP) is 6.95. The maximum Gasteiger partial charge on any atom is 0.338 e. The van der Waals surface area contributed by atoms with Gasteiger partial charge < -0.3 is 9.64 Å². The van der Waals surface area contributed by atoms with Crippen molar-refractivity contribution in [1.82, 2.24) is 47.3 Å². The van der Waals surface area contributed by atoms with Gasteiger partial charge in [0.25, 0.3) is 15.9 Å². The molecule has 3 aromatic carbocycles. The van der Waals surface area contributed by atoms with Crippen molar-refractivity contribution in [2.45, 2.75) is 76.3 Å². The molecular formula is C46H46F2N10O5S. The van der Waals surface area contributed by atoms with Crippen molar-refractivity contribution < 1.29 is 26.7 Å². The summed E-state index contributed by atoms with van der Waals surface area (Å²) in [5.74, 6) is -1.12. The van der Waals surface area contributed by atoms with E-state index >= 15 is 13.6 Å². The van der Waals surface area contributed by atoms with Crippen LogP contribution in [0.1, 0.15) is 84.0 Å². The first-order valence-corrected chi connectivity index (χ1v) is 22.5. The van der Waals surface area contributed by atoms with Crippen LogP contribution in [0.25, 0.3) is 39.0 Å². The van der Waals surface area contributed by atoms with Crippen molar-refractivity contribution in [3.8, 4) is 17.2 Å². The second kappa shape index (κ2) is 14.7. The molecule has 7 heterocycles. The molecule has 8 aromatic rings. The molecule has 1 saturated heterocycles. The zero-order valence-electron chi connectivity index (χ0n) is 36.4. The second-order valence-corrected chi connectivity index (χ2v) is 19.4. The van der Waals surface area contributed by atoms with E-state index in [1.165, 1.54) is 50.9 Å². The van der Waals surface area contributed by atoms with Gasteiger partial charge in [-0.3, -0.25) is 23.3 Å². The normalized spacial score (nSPS) is 17.7. The fourth-order valence-corrected chi connectivity index (χ4v) is 11.1. The Balaban J connectivity index is 1.12. The minimum Gasteiger partial charge on any atom is -0.376 e. The van der Waals surface area contributed by atoms with Gasteiger partial charge in [0.05, 0.1) is 57.5 Å². The minimum absolute atomic E-state index is 0.00819. The number of amides is 1. The Morgan fingerprint density at radius 2 is 1.66 bits per heavy atom. The van der Waals surface area contributed by atoms with Gasteiger partial charge in [-0.05, 0) is 113 Å². The van der Waals surface area contributed by atoms with Gasteiger partial charge in [0.2, 0.25) is 0 Å². The van der Waals surface area contributed by atoms with E-state index in [9.17, 15) is 13.2 Å². The molecule has 0 spiro atoms. The molecule has 0 N–H and O–H groups in total. The van der Waals surface area contributed by atoms with Crippen molar-refractivity contribution in [3.05, 3.63) is 135 Å². The summed E-state index contributed by atoms with van der Waals surface area (Å²) in [6.07, 6.45) is 8.85. The Labute approximate surface area is 366 Å². The molecule has 0 bridgehead atoms. The number of rotatable bonds is 7. The average Bonchev–Trinajstić information content (AvgIpc) is 4.10. The van der Waals surface area contributed by atoms with Crippen LogP contribution in [0, 0.1) is 25.5 Å². The van der Waals surface area contributed by atoms with E-state index in [0.29, 0.717) is 51.1 Å². The number of carbonyl (C=O) groups is 1. The summed E-state index contributed by atoms with van der Waals surface area (Å²) in [7, 11) is -1.03. The number of carbonyl (C=O) groups excluding carboxylic acids is 1. The Hall–Kier alpha value is -6.66. The molecule has 64 heavy (non-hydrogen) atoms. The molecule has 0 saturated carbocycles. The van der Waals surface area contributed by atoms with E-state index in [-0.39, 0.29) is 57.8 Å². The lowest BCUT2D eigenvalue weighted by molar-refractivity contribution is -0.0592. The van der Waals surface area contributed by atoms with Gasteiger partial charge >= 0.3 is 5.69 Å². The zero-order chi connectivity index (χ0) is 45.1. The van der Waals surface area contributed by atoms with E-state index in [2.05, 4.69) is 24.0 Å². The van der Waals surface area contributed by atoms with Crippen LogP contribution in [-0.2, 0) is 35.3 Å². The topological polar surface area (TPSA) is 149 Å². The maximum atomic E-state index is 16.1. The predicted molar refractivity (Wildman–Crippen MR) is 235 cm³/mol. The molecule has 1 amide bonds. The number of benzene rings is 3. The molecule has 2 aliphatic heterocycles. The summed E-state index contributed by atoms with van der Waals surface area (Å²) in [4.78, 5) is 31.3. The highest BCUT2D eigenvalue weighted by Gasteiger charge is 2.39. The molecule has 2 aliphatic rings. The van der Waals surface area contributed by atoms with Crippen LogP contribution in [0.4, 0.5) is 8.78 Å². The third kappa shape index (κ3) is 6.44. The smallest absolute Gasteiger partial charge is 0.338 e. The van der Waals surface area contributed by atoms with E-state index in [1.807, 2.05) is 12.1 Å². The third-order valence-electron chi connectivity index (χ3n) is 12.9. The first kappa shape index (κ1) is 41.4. The van der Waals surface area contributed by atoms with Crippen LogP contribution in [-0.4, -0.2) is 80.4 Å². The quantitative estimate of drug-likeness (QED) is 0.167. The van der Waals surface area contributed by atoms with Gasteiger partial charge in [0, 0.05) is 63.2 Å². The van der Waals surface area contributed by atoms with Crippen LogP contribution in [0.2, 0.25) is 0 Å². The third-order valence-corrected chi connectivity index (χ3v) is 14.6. The van der Waals surface area contributed by atoms with Crippen LogP contribution in [0.5, 0.6) is 0 Å². The van der Waals surface area contributed by atoms with E-state index in [4.69, 9.17) is 9.84 Å². The van der Waals surface area contributed by atoms with Crippen molar-refractivity contribution in [2.75, 3.05) is 13.2 Å². The molecule has 5 aromatic heterocycles. The van der Waals surface area contributed by atoms with Crippen LogP contribution in [0.15, 0.2) is 89.2 Å². The van der Waals surface area contributed by atoms with Crippen molar-refractivity contribution >= 4 is 37.7 Å². The highest BCUT2D eigenvalue weighted by Crippen LogP contribution is 2.40. The lowest BCUT2D eigenvalue weighted by Crippen LogP contribution is -2.40. The van der Waals surface area contributed by atoms with Gasteiger partial charge in [0.1, 0.15) is 22.2 Å². The molecule has 1 fully saturated rings. The maximum absolute atomic E-state index is 16.1. The Morgan fingerprint density at radius 1 is 0.922 bits per heavy atom. The fraction of sp³-hybridized carbons (Fsp3) is 0.326. The number of fused-ring (bicyclic) bond motifs is 3. The number of hydrogen-bond donors (Lipinski definition) is 0. The number of hydrogen-bond acceptors (Lipinski definition) is 8. The van der Waals surface area contributed by atoms with Gasteiger partial charge in [-0.25, -0.2) is 30.6 Å². The summed E-state index contributed by atoms with van der Waals surface area (Å²) in [5.41, 5.74) is 3.22. The van der Waals surface area contributed by atoms with Gasteiger partial charge in [0.15, 0.2) is 5.82 Å². The van der Waals surface area contributed by atoms with Crippen LogP contribution >= 0.6 is 0 Å². The number of aryl methyl sites for hydroxylation is 4. The molecule has 10 rings (SSSR count). The van der Waals surface area contributed by atoms with Crippen molar-refractivity contribution in [3.63, 3.8) is 0 Å². The van der Waals surface area contributed by atoms with Gasteiger partial charge in [-0.1, -0.05) is 6.07 Å². The second-order valence-electron chi connectivity index (χ2n) is 17.6. The number of imidazole rings is 1. The monoisotopic (exact) mass is 888 g/mol. The van der Waals surface area contributed by atoms with E-state index < -0.39 is 33.5 Å². The molecule has 18 heteroatoms. The summed E-state index contributed by atoms with van der Waals surface area (Å²) < 4.78 is 74.5. The zero-order valence-corrected chi connectivity index (χ0v) is 37.2. The summed E-state index contributed by atoms with van der Waals surface area (Å²) in [6, 6.07) is 13.0. The van der Waals surface area contributed by atoms with Crippen LogP contribution in [0.3, 0.4) is 0 Å². The average molecular weight is 889 g/mol. The SMILES string of the molecule is Cc1cc(-n2nc3c(c2-n2ccn(-c4ccc5c(cnn5C)c4F)c2=O)[C@H](C)N(C(=O)c2cc4cc([C@@H]5CCOC(C)(C)C5)ccc4n2S(=O)(=O)c2cnn(C)c2)CC3)cc(C)c1F. The molecule has 0 radical (unpaired) electrons. The minimum atomic E-state index is -4.36. The molecule has 0 unspecified atom stereocenters. The summed E-state index contributed by atoms with van der Waals surface area (Å²) in [5, 5.41) is 14.1. The Bertz CT molecular complexity index is 3380. The molecule has 15 nitrogen and oxygen atoms in total. The van der Waals surface area contributed by atoms with Crippen molar-refractivity contribution in [1.29, 1.82) is 0 Å². The summed E-state index contributed by atoms with van der Waals surface area (Å²) in [6.45, 7) is 9.96. The molecule has 2 atom stereocenters. The molecular weight excluding hydrogens is 843 g/mol. The van der Waals surface area contributed by atoms with E-state index in [0.717, 1.165) is 22.4 Å². The van der Waals surface area contributed by atoms with Gasteiger partial charge in [-0.2, -0.15) is 15.3 Å². The lowest BCUT2D eigenvalue weighted by atomic mass is 9.83. The number of ether oxygens (including phenoxy) is 1. The molecule has 0 aliphatic carbocycles. The Kier molecular flexibility index (Phi) is 9.50. The summed E-state index contributed by atoms with van der Waals surface area (Å²) >= 11 is 0. The first-order chi connectivity index (χ1) is 30.4. The fourth-order valence-electron chi connectivity index (χ4n) is 9.65. The number of halogens is 2. The van der Waals surface area contributed by atoms with E-state index in [1.54, 1.807) is 79.5 Å². The number of nitrogens with zero attached hydrogens (tertiary/aromatic N) is 10. The first-order valence-electron chi connectivity index (χ1n) is 21.1. The highest BCUT2D eigenvalue weighted by atomic mass is 32.2. The van der Waals surface area contributed by atoms with Gasteiger partial charge in [-0.15, -0.1) is 0 Å². The molecule has 330 valence electrons. The van der Waals surface area contributed by atoms with Crippen LogP contribution < -0.4 is 5.69 Å². The number of aromatic nitrogens is 9. The lowest BCUT2D eigenvalue weighted by Gasteiger charge is -2.35. The largest absolute Gasteiger partial charge is 0.376 e. The standard InChI is InChI=1S/C46H46F2N10O5S/c1-26-18-32(19-27(2)41(26)47)57-43(56-16-15-55(45(56)60)38-11-10-37-34(42(38)48)24-50-53(37)7)40-28(3)54(14-12-35(40)51-57)44(59)39-21-31-20-29(30-13-17-63-46(4,5)22-30)8-9-36(31)58(39)64(61,62)33-23-49-52(6)25-33/h8-11,15-16,18-21,23-25,28,30H,12-14,17,22H2,1-7H3/t28-,30+/m0/s1. The highest BCUT2D eigenvalue weighted by molar-refractivity contribution is 7.90.